The molecule has 0 heterocycles. The van der Waals surface area contributed by atoms with Crippen molar-refractivity contribution in [3.8, 4) is 17.2 Å². The Labute approximate surface area is 154 Å². The van der Waals surface area contributed by atoms with Gasteiger partial charge >= 0.3 is 18.1 Å². The van der Waals surface area contributed by atoms with E-state index >= 15 is 0 Å². The smallest absolute Gasteiger partial charge is 0.471 e. The number of halogens is 3. The number of ether oxygens (including phenoxy) is 4. The van der Waals surface area contributed by atoms with Crippen LogP contribution in [0.2, 0.25) is 0 Å². The number of hydrogen-bond donors (Lipinski definition) is 1. The minimum Gasteiger partial charge on any atom is -0.496 e. The van der Waals surface area contributed by atoms with Gasteiger partial charge < -0.3 is 24.3 Å². The predicted octanol–water partition coefficient (Wildman–Crippen LogP) is 2.26. The Balaban J connectivity index is 3.15. The number of amides is 1. The molecule has 0 unspecified atom stereocenters. The normalized spacial score (nSPS) is 12.1. The fourth-order valence-electron chi connectivity index (χ4n) is 2.41. The zero-order valence-corrected chi connectivity index (χ0v) is 15.4. The van der Waals surface area contributed by atoms with Crippen LogP contribution in [0.5, 0.6) is 17.2 Å². The Hall–Kier alpha value is -2.65. The first-order chi connectivity index (χ1) is 12.7. The number of carbonyl (C=O) groups excluding carboxylic acids is 2. The summed E-state index contributed by atoms with van der Waals surface area (Å²) in [5.41, 5.74) is 0.429. The lowest BCUT2D eigenvalue weighted by molar-refractivity contribution is -0.174. The van der Waals surface area contributed by atoms with E-state index in [-0.39, 0.29) is 19.3 Å². The molecule has 1 aromatic carbocycles. The van der Waals surface area contributed by atoms with Gasteiger partial charge in [0.05, 0.1) is 28.4 Å². The van der Waals surface area contributed by atoms with Gasteiger partial charge in [-0.25, -0.2) is 0 Å². The Morgan fingerprint density at radius 3 is 2.00 bits per heavy atom. The second-order valence-corrected chi connectivity index (χ2v) is 5.50. The Bertz CT molecular complexity index is 638. The standard InChI is InChI=1S/C17H22F3NO6/c1-24-11-8-13(25-2)12(14(9-11)26-3)7-10(5-6-15(22)27-4)21-16(23)17(18,19)20/h8-10H,5-7H2,1-4H3,(H,21,23)/t10-/m0/s1. The minimum atomic E-state index is -5.04. The molecule has 1 atom stereocenters. The molecule has 0 aliphatic rings. The van der Waals surface area contributed by atoms with Crippen molar-refractivity contribution in [3.63, 3.8) is 0 Å². The summed E-state index contributed by atoms with van der Waals surface area (Å²) in [6, 6.07) is 2.08. The molecule has 0 aromatic heterocycles. The second kappa shape index (κ2) is 9.89. The first kappa shape index (κ1) is 22.4. The van der Waals surface area contributed by atoms with Gasteiger partial charge in [0.25, 0.3) is 0 Å². The van der Waals surface area contributed by atoms with E-state index < -0.39 is 24.1 Å². The molecule has 7 nitrogen and oxygen atoms in total. The van der Waals surface area contributed by atoms with Crippen molar-refractivity contribution in [3.05, 3.63) is 17.7 Å². The molecular weight excluding hydrogens is 371 g/mol. The summed E-state index contributed by atoms with van der Waals surface area (Å²) < 4.78 is 58.1. The lowest BCUT2D eigenvalue weighted by atomic mass is 9.99. The van der Waals surface area contributed by atoms with Crippen molar-refractivity contribution in [2.75, 3.05) is 28.4 Å². The van der Waals surface area contributed by atoms with Crippen LogP contribution in [0.3, 0.4) is 0 Å². The molecule has 0 radical (unpaired) electrons. The average molecular weight is 393 g/mol. The number of rotatable bonds is 9. The van der Waals surface area contributed by atoms with Crippen LogP contribution in [0, 0.1) is 0 Å². The van der Waals surface area contributed by atoms with Gasteiger partial charge in [0.2, 0.25) is 0 Å². The van der Waals surface area contributed by atoms with Crippen molar-refractivity contribution < 1.29 is 41.7 Å². The number of methoxy groups -OCH3 is 4. The van der Waals surface area contributed by atoms with Crippen LogP contribution < -0.4 is 19.5 Å². The summed E-state index contributed by atoms with van der Waals surface area (Å²) in [6.07, 6.45) is -5.33. The molecule has 152 valence electrons. The summed E-state index contributed by atoms with van der Waals surface area (Å²) in [5.74, 6) is -1.64. The van der Waals surface area contributed by atoms with Gasteiger partial charge in [-0.3, -0.25) is 9.59 Å². The van der Waals surface area contributed by atoms with Crippen molar-refractivity contribution >= 4 is 11.9 Å². The summed E-state index contributed by atoms with van der Waals surface area (Å²) in [7, 11) is 5.38. The molecule has 1 aromatic rings. The van der Waals surface area contributed by atoms with Crippen LogP contribution in [0.4, 0.5) is 13.2 Å². The quantitative estimate of drug-likeness (QED) is 0.648. The zero-order chi connectivity index (χ0) is 20.6. The third kappa shape index (κ3) is 6.54. The zero-order valence-electron chi connectivity index (χ0n) is 15.4. The van der Waals surface area contributed by atoms with Gasteiger partial charge in [-0.1, -0.05) is 0 Å². The molecule has 1 N–H and O–H groups in total. The van der Waals surface area contributed by atoms with Crippen LogP contribution in [0.1, 0.15) is 18.4 Å². The number of hydrogen-bond acceptors (Lipinski definition) is 6. The maximum absolute atomic E-state index is 12.6. The highest BCUT2D eigenvalue weighted by Crippen LogP contribution is 2.35. The second-order valence-electron chi connectivity index (χ2n) is 5.50. The van der Waals surface area contributed by atoms with E-state index in [1.807, 2.05) is 5.32 Å². The van der Waals surface area contributed by atoms with Crippen molar-refractivity contribution in [1.29, 1.82) is 0 Å². The lowest BCUT2D eigenvalue weighted by Gasteiger charge is -2.22. The summed E-state index contributed by atoms with van der Waals surface area (Å²) >= 11 is 0. The van der Waals surface area contributed by atoms with E-state index in [9.17, 15) is 22.8 Å². The lowest BCUT2D eigenvalue weighted by Crippen LogP contribution is -2.44. The van der Waals surface area contributed by atoms with Gasteiger partial charge in [0.1, 0.15) is 17.2 Å². The molecule has 1 amide bonds. The molecule has 0 fully saturated rings. The van der Waals surface area contributed by atoms with Crippen LogP contribution in [0.25, 0.3) is 0 Å². The predicted molar refractivity (Wildman–Crippen MR) is 89.0 cm³/mol. The van der Waals surface area contributed by atoms with Gasteiger partial charge in [0.15, 0.2) is 0 Å². The highest BCUT2D eigenvalue weighted by Gasteiger charge is 2.40. The Kier molecular flexibility index (Phi) is 8.20. The van der Waals surface area contributed by atoms with E-state index in [1.165, 1.54) is 28.4 Å². The van der Waals surface area contributed by atoms with Crippen LogP contribution in [0.15, 0.2) is 12.1 Å². The largest absolute Gasteiger partial charge is 0.496 e. The van der Waals surface area contributed by atoms with Crippen LogP contribution in [-0.4, -0.2) is 52.5 Å². The van der Waals surface area contributed by atoms with E-state index in [4.69, 9.17) is 14.2 Å². The van der Waals surface area contributed by atoms with Gasteiger partial charge in [-0.2, -0.15) is 13.2 Å². The van der Waals surface area contributed by atoms with E-state index in [0.717, 1.165) is 0 Å². The third-order valence-corrected chi connectivity index (χ3v) is 3.78. The third-order valence-electron chi connectivity index (χ3n) is 3.78. The molecule has 10 heteroatoms. The van der Waals surface area contributed by atoms with Gasteiger partial charge in [0, 0.05) is 30.2 Å². The molecular formula is C17H22F3NO6. The van der Waals surface area contributed by atoms with E-state index in [2.05, 4.69) is 4.74 Å². The topological polar surface area (TPSA) is 83.1 Å². The van der Waals surface area contributed by atoms with Crippen molar-refractivity contribution in [2.45, 2.75) is 31.5 Å². The number of esters is 1. The number of carbonyl (C=O) groups is 2. The molecule has 0 saturated carbocycles. The van der Waals surface area contributed by atoms with E-state index in [1.54, 1.807) is 12.1 Å². The van der Waals surface area contributed by atoms with Crippen LogP contribution in [-0.2, 0) is 20.7 Å². The van der Waals surface area contributed by atoms with Crippen molar-refractivity contribution in [1.82, 2.24) is 5.32 Å². The highest BCUT2D eigenvalue weighted by atomic mass is 19.4. The molecule has 27 heavy (non-hydrogen) atoms. The molecule has 1 rings (SSSR count). The minimum absolute atomic E-state index is 0.0604. The summed E-state index contributed by atoms with van der Waals surface area (Å²) in [6.45, 7) is 0. The SMILES string of the molecule is COC(=O)CC[C@@H](Cc1c(OC)cc(OC)cc1OC)NC(=O)C(F)(F)F. The number of benzene rings is 1. The van der Waals surface area contributed by atoms with E-state index in [0.29, 0.717) is 22.8 Å². The number of nitrogens with one attached hydrogen (secondary N) is 1. The summed E-state index contributed by atoms with van der Waals surface area (Å²) in [4.78, 5) is 22.7. The van der Waals surface area contributed by atoms with Gasteiger partial charge in [-0.05, 0) is 12.8 Å². The van der Waals surface area contributed by atoms with Crippen LogP contribution >= 0.6 is 0 Å². The monoisotopic (exact) mass is 393 g/mol. The molecule has 0 saturated heterocycles. The maximum atomic E-state index is 12.6. The fourth-order valence-corrected chi connectivity index (χ4v) is 2.41. The first-order valence-electron chi connectivity index (χ1n) is 7.89. The number of alkyl halides is 3. The molecule has 0 aliphatic carbocycles. The Morgan fingerprint density at radius 2 is 1.59 bits per heavy atom. The first-order valence-corrected chi connectivity index (χ1v) is 7.89. The summed E-state index contributed by atoms with van der Waals surface area (Å²) in [5, 5.41) is 1.90. The molecule has 0 bridgehead atoms. The highest BCUT2D eigenvalue weighted by molar-refractivity contribution is 5.82. The molecule has 0 aliphatic heterocycles. The van der Waals surface area contributed by atoms with Gasteiger partial charge in [-0.15, -0.1) is 0 Å². The molecule has 0 spiro atoms. The fraction of sp³-hybridized carbons (Fsp3) is 0.529. The Morgan fingerprint density at radius 1 is 1.04 bits per heavy atom. The average Bonchev–Trinajstić information content (AvgIpc) is 2.64. The van der Waals surface area contributed by atoms with Crippen molar-refractivity contribution in [2.24, 2.45) is 0 Å². The maximum Gasteiger partial charge on any atom is 0.471 e.